The molecule has 19 heavy (non-hydrogen) atoms. The highest BCUT2D eigenvalue weighted by Crippen LogP contribution is 2.27. The summed E-state index contributed by atoms with van der Waals surface area (Å²) in [7, 11) is 0. The molecule has 100 valence electrons. The van der Waals surface area contributed by atoms with Gasteiger partial charge in [0.2, 0.25) is 0 Å². The van der Waals surface area contributed by atoms with Crippen molar-refractivity contribution < 1.29 is 5.11 Å². The van der Waals surface area contributed by atoms with Crippen molar-refractivity contribution in [3.63, 3.8) is 0 Å². The molecule has 0 radical (unpaired) electrons. The summed E-state index contributed by atoms with van der Waals surface area (Å²) in [6.07, 6.45) is 1.22. The first-order valence-electron chi connectivity index (χ1n) is 6.62. The predicted molar refractivity (Wildman–Crippen MR) is 83.4 cm³/mol. The molecule has 0 fully saturated rings. The van der Waals surface area contributed by atoms with E-state index in [4.69, 9.17) is 0 Å². The van der Waals surface area contributed by atoms with E-state index in [0.29, 0.717) is 6.42 Å². The molecule has 1 nitrogen and oxygen atoms in total. The van der Waals surface area contributed by atoms with Gasteiger partial charge in [0, 0.05) is 10.9 Å². The third-order valence-electron chi connectivity index (χ3n) is 3.37. The van der Waals surface area contributed by atoms with E-state index in [-0.39, 0.29) is 0 Å². The largest absolute Gasteiger partial charge is 0.388 e. The van der Waals surface area contributed by atoms with E-state index < -0.39 is 6.10 Å². The molecule has 0 spiro atoms. The van der Waals surface area contributed by atoms with E-state index in [2.05, 4.69) is 47.1 Å². The average molecular weight is 319 g/mol. The second-order valence-corrected chi connectivity index (χ2v) is 5.77. The molecule has 0 saturated heterocycles. The van der Waals surface area contributed by atoms with Gasteiger partial charge in [-0.15, -0.1) is 0 Å². The third-order valence-corrected chi connectivity index (χ3v) is 4.09. The highest BCUT2D eigenvalue weighted by atomic mass is 79.9. The zero-order valence-electron chi connectivity index (χ0n) is 11.4. The maximum atomic E-state index is 10.4. The van der Waals surface area contributed by atoms with Crippen molar-refractivity contribution in [2.45, 2.75) is 32.8 Å². The van der Waals surface area contributed by atoms with Crippen LogP contribution >= 0.6 is 15.9 Å². The van der Waals surface area contributed by atoms with Crippen molar-refractivity contribution in [3.05, 3.63) is 69.2 Å². The van der Waals surface area contributed by atoms with Gasteiger partial charge in [-0.3, -0.25) is 0 Å². The fourth-order valence-electron chi connectivity index (χ4n) is 2.16. The van der Waals surface area contributed by atoms with Gasteiger partial charge in [0.25, 0.3) is 0 Å². The van der Waals surface area contributed by atoms with Crippen LogP contribution in [-0.2, 0) is 12.8 Å². The number of aliphatic hydroxyl groups is 1. The lowest BCUT2D eigenvalue weighted by Crippen LogP contribution is -2.03. The first kappa shape index (κ1) is 14.3. The minimum absolute atomic E-state index is 0.471. The van der Waals surface area contributed by atoms with E-state index in [1.165, 1.54) is 11.1 Å². The van der Waals surface area contributed by atoms with E-state index in [9.17, 15) is 5.11 Å². The molecule has 0 aliphatic rings. The van der Waals surface area contributed by atoms with Gasteiger partial charge in [-0.05, 0) is 36.1 Å². The molecular formula is C17H19BrO. The Labute approximate surface area is 123 Å². The smallest absolute Gasteiger partial charge is 0.0841 e. The lowest BCUT2D eigenvalue weighted by Gasteiger charge is -2.14. The van der Waals surface area contributed by atoms with Crippen molar-refractivity contribution in [2.24, 2.45) is 0 Å². The molecule has 0 amide bonds. The molecule has 2 heteroatoms. The Morgan fingerprint density at radius 3 is 2.32 bits per heavy atom. The van der Waals surface area contributed by atoms with Gasteiger partial charge in [0.1, 0.15) is 0 Å². The van der Waals surface area contributed by atoms with Gasteiger partial charge in [-0.25, -0.2) is 0 Å². The monoisotopic (exact) mass is 318 g/mol. The van der Waals surface area contributed by atoms with E-state index >= 15 is 0 Å². The van der Waals surface area contributed by atoms with Crippen molar-refractivity contribution in [3.8, 4) is 0 Å². The first-order chi connectivity index (χ1) is 9.10. The molecule has 2 aromatic rings. The minimum Gasteiger partial charge on any atom is -0.388 e. The van der Waals surface area contributed by atoms with Crippen LogP contribution in [0, 0.1) is 6.92 Å². The molecule has 1 N–H and O–H groups in total. The highest BCUT2D eigenvalue weighted by molar-refractivity contribution is 9.10. The van der Waals surface area contributed by atoms with Crippen molar-refractivity contribution in [1.29, 1.82) is 0 Å². The van der Waals surface area contributed by atoms with Crippen molar-refractivity contribution in [1.82, 2.24) is 0 Å². The first-order valence-corrected chi connectivity index (χ1v) is 7.41. The Balaban J connectivity index is 2.15. The SMILES string of the molecule is CCc1ccc(CC(O)c2cc(C)ccc2Br)cc1. The summed E-state index contributed by atoms with van der Waals surface area (Å²) < 4.78 is 0.968. The average Bonchev–Trinajstić information content (AvgIpc) is 2.42. The summed E-state index contributed by atoms with van der Waals surface area (Å²) >= 11 is 3.51. The number of halogens is 1. The molecule has 0 aliphatic carbocycles. The summed E-state index contributed by atoms with van der Waals surface area (Å²) in [5.41, 5.74) is 4.62. The molecular weight excluding hydrogens is 300 g/mol. The Bertz CT molecular complexity index is 546. The molecule has 0 aromatic heterocycles. The molecule has 2 aromatic carbocycles. The molecule has 1 unspecified atom stereocenters. The quantitative estimate of drug-likeness (QED) is 0.873. The van der Waals surface area contributed by atoms with Crippen LogP contribution in [0.3, 0.4) is 0 Å². The normalized spacial score (nSPS) is 12.4. The van der Waals surface area contributed by atoms with Crippen LogP contribution in [0.1, 0.15) is 35.3 Å². The van der Waals surface area contributed by atoms with Gasteiger partial charge in [0.15, 0.2) is 0 Å². The van der Waals surface area contributed by atoms with Crippen LogP contribution in [0.4, 0.5) is 0 Å². The number of hydrogen-bond donors (Lipinski definition) is 1. The predicted octanol–water partition coefficient (Wildman–Crippen LogP) is 4.60. The lowest BCUT2D eigenvalue weighted by molar-refractivity contribution is 0.177. The second-order valence-electron chi connectivity index (χ2n) is 4.91. The molecule has 2 rings (SSSR count). The number of aryl methyl sites for hydroxylation is 2. The summed E-state index contributed by atoms with van der Waals surface area (Å²) in [6.45, 7) is 4.19. The van der Waals surface area contributed by atoms with Crippen LogP contribution in [0.25, 0.3) is 0 Å². The van der Waals surface area contributed by atoms with E-state index in [1.54, 1.807) is 0 Å². The van der Waals surface area contributed by atoms with Crippen LogP contribution in [0.5, 0.6) is 0 Å². The molecule has 0 bridgehead atoms. The summed E-state index contributed by atoms with van der Waals surface area (Å²) in [5.74, 6) is 0. The van der Waals surface area contributed by atoms with E-state index in [0.717, 1.165) is 22.0 Å². The standard InChI is InChI=1S/C17H19BrO/c1-3-13-5-7-14(8-6-13)11-17(19)15-10-12(2)4-9-16(15)18/h4-10,17,19H,3,11H2,1-2H3. The number of aliphatic hydroxyl groups excluding tert-OH is 1. The third kappa shape index (κ3) is 3.68. The van der Waals surface area contributed by atoms with Gasteiger partial charge in [0.05, 0.1) is 6.10 Å². The van der Waals surface area contributed by atoms with Crippen LogP contribution in [0.15, 0.2) is 46.9 Å². The maximum absolute atomic E-state index is 10.4. The zero-order chi connectivity index (χ0) is 13.8. The van der Waals surface area contributed by atoms with Gasteiger partial charge in [-0.1, -0.05) is 64.8 Å². The fraction of sp³-hybridized carbons (Fsp3) is 0.294. The molecule has 0 aliphatic heterocycles. The number of hydrogen-bond acceptors (Lipinski definition) is 1. The van der Waals surface area contributed by atoms with Crippen LogP contribution < -0.4 is 0 Å². The Hall–Kier alpha value is -1.12. The zero-order valence-corrected chi connectivity index (χ0v) is 12.9. The molecule has 0 heterocycles. The minimum atomic E-state index is -0.471. The lowest BCUT2D eigenvalue weighted by atomic mass is 9.99. The van der Waals surface area contributed by atoms with E-state index in [1.807, 2.05) is 25.1 Å². The molecule has 0 saturated carbocycles. The summed E-state index contributed by atoms with van der Waals surface area (Å²) in [6, 6.07) is 14.5. The maximum Gasteiger partial charge on any atom is 0.0841 e. The Morgan fingerprint density at radius 1 is 1.05 bits per heavy atom. The second kappa shape index (κ2) is 6.36. The van der Waals surface area contributed by atoms with Crippen LogP contribution in [0.2, 0.25) is 0 Å². The van der Waals surface area contributed by atoms with Gasteiger partial charge in [-0.2, -0.15) is 0 Å². The molecule has 1 atom stereocenters. The Morgan fingerprint density at radius 2 is 1.68 bits per heavy atom. The van der Waals surface area contributed by atoms with Gasteiger partial charge >= 0.3 is 0 Å². The Kier molecular flexibility index (Phi) is 4.78. The van der Waals surface area contributed by atoms with Crippen molar-refractivity contribution >= 4 is 15.9 Å². The number of rotatable bonds is 4. The van der Waals surface area contributed by atoms with Gasteiger partial charge < -0.3 is 5.11 Å². The summed E-state index contributed by atoms with van der Waals surface area (Å²) in [5, 5.41) is 10.4. The topological polar surface area (TPSA) is 20.2 Å². The van der Waals surface area contributed by atoms with Crippen molar-refractivity contribution in [2.75, 3.05) is 0 Å². The highest BCUT2D eigenvalue weighted by Gasteiger charge is 2.12. The van der Waals surface area contributed by atoms with Crippen LogP contribution in [-0.4, -0.2) is 5.11 Å². The summed E-state index contributed by atoms with van der Waals surface area (Å²) in [4.78, 5) is 0. The number of benzene rings is 2. The fourth-order valence-corrected chi connectivity index (χ4v) is 2.67.